The highest BCUT2D eigenvalue weighted by Gasteiger charge is 2.20. The van der Waals surface area contributed by atoms with Gasteiger partial charge in [0.15, 0.2) is 0 Å². The molecule has 1 fully saturated rings. The number of rotatable bonds is 6. The van der Waals surface area contributed by atoms with Gasteiger partial charge in [-0.25, -0.2) is 0 Å². The van der Waals surface area contributed by atoms with Crippen molar-refractivity contribution in [2.45, 2.75) is 84.6 Å². The molecular weight excluding hydrogens is 222 g/mol. The molecule has 2 nitrogen and oxygen atoms in total. The molecule has 0 aliphatic heterocycles. The van der Waals surface area contributed by atoms with Crippen LogP contribution in [-0.4, -0.2) is 11.9 Å². The molecule has 0 aromatic rings. The lowest BCUT2D eigenvalue weighted by atomic mass is 9.98. The topological polar surface area (TPSA) is 29.1 Å². The van der Waals surface area contributed by atoms with Crippen LogP contribution in [0, 0.1) is 11.8 Å². The minimum absolute atomic E-state index is 0.292. The molecule has 0 spiro atoms. The molecule has 106 valence electrons. The average molecular weight is 253 g/mol. The Morgan fingerprint density at radius 2 is 1.67 bits per heavy atom. The lowest BCUT2D eigenvalue weighted by Gasteiger charge is -2.19. The van der Waals surface area contributed by atoms with Crippen LogP contribution in [0.1, 0.15) is 78.6 Å². The van der Waals surface area contributed by atoms with Crippen LogP contribution in [0.2, 0.25) is 0 Å². The van der Waals surface area contributed by atoms with Gasteiger partial charge in [-0.3, -0.25) is 4.79 Å². The summed E-state index contributed by atoms with van der Waals surface area (Å²) in [5.74, 6) is 1.38. The van der Waals surface area contributed by atoms with Crippen molar-refractivity contribution in [3.8, 4) is 0 Å². The first-order valence-electron chi connectivity index (χ1n) is 7.90. The first-order valence-corrected chi connectivity index (χ1v) is 7.90. The fourth-order valence-corrected chi connectivity index (χ4v) is 2.81. The van der Waals surface area contributed by atoms with E-state index in [4.69, 9.17) is 0 Å². The molecule has 18 heavy (non-hydrogen) atoms. The molecule has 1 rings (SSSR count). The highest BCUT2D eigenvalue weighted by atomic mass is 16.1. The van der Waals surface area contributed by atoms with Gasteiger partial charge in [-0.2, -0.15) is 0 Å². The summed E-state index contributed by atoms with van der Waals surface area (Å²) in [6, 6.07) is 0.347. The Labute approximate surface area is 113 Å². The molecule has 0 saturated heterocycles. The van der Waals surface area contributed by atoms with E-state index in [1.807, 2.05) is 0 Å². The number of carbonyl (C=O) groups excluding carboxylic acids is 1. The third-order valence-corrected chi connectivity index (χ3v) is 4.03. The number of hydrogen-bond donors (Lipinski definition) is 1. The molecule has 0 radical (unpaired) electrons. The Kier molecular flexibility index (Phi) is 7.38. The zero-order valence-corrected chi connectivity index (χ0v) is 12.5. The van der Waals surface area contributed by atoms with Crippen LogP contribution in [0.3, 0.4) is 0 Å². The smallest absolute Gasteiger partial charge is 0.223 e. The largest absolute Gasteiger partial charge is 0.353 e. The molecule has 2 heteroatoms. The van der Waals surface area contributed by atoms with Crippen LogP contribution >= 0.6 is 0 Å². The minimum Gasteiger partial charge on any atom is -0.353 e. The maximum atomic E-state index is 12.1. The SMILES string of the molecule is CC(C)CCCC(C)NC(=O)C1CCCCCC1. The van der Waals surface area contributed by atoms with Crippen LogP contribution < -0.4 is 5.32 Å². The van der Waals surface area contributed by atoms with Crippen LogP contribution in [0.4, 0.5) is 0 Å². The van der Waals surface area contributed by atoms with Gasteiger partial charge in [-0.1, -0.05) is 52.4 Å². The number of hydrogen-bond acceptors (Lipinski definition) is 1. The van der Waals surface area contributed by atoms with Gasteiger partial charge < -0.3 is 5.32 Å². The fraction of sp³-hybridized carbons (Fsp3) is 0.938. The molecule has 0 aromatic heterocycles. The number of amides is 1. The summed E-state index contributed by atoms with van der Waals surface area (Å²) in [5.41, 5.74) is 0. The summed E-state index contributed by atoms with van der Waals surface area (Å²) in [4.78, 5) is 12.1. The van der Waals surface area contributed by atoms with E-state index in [1.54, 1.807) is 0 Å². The lowest BCUT2D eigenvalue weighted by Crippen LogP contribution is -2.37. The van der Waals surface area contributed by atoms with Gasteiger partial charge in [0.2, 0.25) is 5.91 Å². The molecule has 0 aromatic carbocycles. The van der Waals surface area contributed by atoms with E-state index in [9.17, 15) is 4.79 Å². The van der Waals surface area contributed by atoms with E-state index in [1.165, 1.54) is 38.5 Å². The van der Waals surface area contributed by atoms with E-state index >= 15 is 0 Å². The Morgan fingerprint density at radius 1 is 1.06 bits per heavy atom. The molecule has 0 heterocycles. The molecule has 1 saturated carbocycles. The molecule has 0 bridgehead atoms. The molecule has 1 amide bonds. The van der Waals surface area contributed by atoms with Gasteiger partial charge in [-0.05, 0) is 32.1 Å². The summed E-state index contributed by atoms with van der Waals surface area (Å²) in [7, 11) is 0. The van der Waals surface area contributed by atoms with Gasteiger partial charge in [0.25, 0.3) is 0 Å². The second-order valence-electron chi connectivity index (χ2n) is 6.42. The van der Waals surface area contributed by atoms with Crippen LogP contribution in [0.5, 0.6) is 0 Å². The van der Waals surface area contributed by atoms with Gasteiger partial charge in [0.1, 0.15) is 0 Å². The lowest BCUT2D eigenvalue weighted by molar-refractivity contribution is -0.126. The fourth-order valence-electron chi connectivity index (χ4n) is 2.81. The second kappa shape index (κ2) is 8.55. The van der Waals surface area contributed by atoms with Crippen molar-refractivity contribution in [2.75, 3.05) is 0 Å². The zero-order chi connectivity index (χ0) is 13.4. The van der Waals surface area contributed by atoms with E-state index in [-0.39, 0.29) is 0 Å². The Bertz CT molecular complexity index is 229. The van der Waals surface area contributed by atoms with E-state index in [0.717, 1.165) is 25.2 Å². The first kappa shape index (κ1) is 15.5. The molecule has 1 aliphatic rings. The molecule has 1 unspecified atom stereocenters. The van der Waals surface area contributed by atoms with Gasteiger partial charge in [-0.15, -0.1) is 0 Å². The molecule has 1 N–H and O–H groups in total. The van der Waals surface area contributed by atoms with Crippen LogP contribution in [0.25, 0.3) is 0 Å². The highest BCUT2D eigenvalue weighted by molar-refractivity contribution is 5.78. The predicted octanol–water partition coefficient (Wildman–Crippen LogP) is 4.29. The Hall–Kier alpha value is -0.530. The Morgan fingerprint density at radius 3 is 2.22 bits per heavy atom. The predicted molar refractivity (Wildman–Crippen MR) is 77.5 cm³/mol. The summed E-state index contributed by atoms with van der Waals surface area (Å²) >= 11 is 0. The van der Waals surface area contributed by atoms with E-state index < -0.39 is 0 Å². The van der Waals surface area contributed by atoms with E-state index in [0.29, 0.717) is 17.9 Å². The van der Waals surface area contributed by atoms with Crippen molar-refractivity contribution in [1.82, 2.24) is 5.32 Å². The van der Waals surface area contributed by atoms with Crippen molar-refractivity contribution >= 4 is 5.91 Å². The number of carbonyl (C=O) groups is 1. The average Bonchev–Trinajstić information content (AvgIpc) is 2.56. The van der Waals surface area contributed by atoms with Crippen molar-refractivity contribution in [3.63, 3.8) is 0 Å². The highest BCUT2D eigenvalue weighted by Crippen LogP contribution is 2.23. The van der Waals surface area contributed by atoms with Crippen LogP contribution in [-0.2, 0) is 4.79 Å². The maximum absolute atomic E-state index is 12.1. The van der Waals surface area contributed by atoms with Crippen molar-refractivity contribution in [1.29, 1.82) is 0 Å². The third-order valence-electron chi connectivity index (χ3n) is 4.03. The first-order chi connectivity index (χ1) is 8.59. The summed E-state index contributed by atoms with van der Waals surface area (Å²) < 4.78 is 0. The quantitative estimate of drug-likeness (QED) is 0.703. The summed E-state index contributed by atoms with van der Waals surface area (Å²) in [6.07, 6.45) is 10.9. The van der Waals surface area contributed by atoms with E-state index in [2.05, 4.69) is 26.1 Å². The second-order valence-corrected chi connectivity index (χ2v) is 6.42. The van der Waals surface area contributed by atoms with Gasteiger partial charge in [0.05, 0.1) is 0 Å². The molecule has 1 atom stereocenters. The zero-order valence-electron chi connectivity index (χ0n) is 12.5. The van der Waals surface area contributed by atoms with Gasteiger partial charge >= 0.3 is 0 Å². The van der Waals surface area contributed by atoms with Crippen molar-refractivity contribution < 1.29 is 4.79 Å². The molecular formula is C16H31NO. The summed E-state index contributed by atoms with van der Waals surface area (Å²) in [6.45, 7) is 6.67. The third kappa shape index (κ3) is 6.42. The summed E-state index contributed by atoms with van der Waals surface area (Å²) in [5, 5.41) is 3.21. The van der Waals surface area contributed by atoms with Crippen molar-refractivity contribution in [2.24, 2.45) is 11.8 Å². The minimum atomic E-state index is 0.292. The Balaban J connectivity index is 2.21. The monoisotopic (exact) mass is 253 g/mol. The normalized spacial score (nSPS) is 19.6. The van der Waals surface area contributed by atoms with Gasteiger partial charge in [0, 0.05) is 12.0 Å². The molecule has 1 aliphatic carbocycles. The standard InChI is InChI=1S/C16H31NO/c1-13(2)9-8-10-14(3)17-16(18)15-11-6-4-5-7-12-15/h13-15H,4-12H2,1-3H3,(H,17,18). The van der Waals surface area contributed by atoms with Crippen LogP contribution in [0.15, 0.2) is 0 Å². The van der Waals surface area contributed by atoms with Crippen molar-refractivity contribution in [3.05, 3.63) is 0 Å². The number of nitrogens with one attached hydrogen (secondary N) is 1. The maximum Gasteiger partial charge on any atom is 0.223 e.